The summed E-state index contributed by atoms with van der Waals surface area (Å²) in [6, 6.07) is 12.4. The molecule has 2 rings (SSSR count). The van der Waals surface area contributed by atoms with Gasteiger partial charge in [-0.05, 0) is 44.0 Å². The maximum Gasteiger partial charge on any atom is 0.242 e. The molecule has 0 fully saturated rings. The summed E-state index contributed by atoms with van der Waals surface area (Å²) in [5.74, 6) is -0.307. The number of rotatable bonds is 7. The molecular formula is C21H24Cl2N2O2. The normalized spacial score (nSPS) is 11.7. The lowest BCUT2D eigenvalue weighted by molar-refractivity contribution is -0.140. The Morgan fingerprint density at radius 1 is 1.04 bits per heavy atom. The van der Waals surface area contributed by atoms with Crippen LogP contribution >= 0.6 is 23.2 Å². The summed E-state index contributed by atoms with van der Waals surface area (Å²) < 4.78 is 0. The highest BCUT2D eigenvalue weighted by molar-refractivity contribution is 6.42. The van der Waals surface area contributed by atoms with Crippen LogP contribution in [-0.2, 0) is 22.6 Å². The zero-order valence-corrected chi connectivity index (χ0v) is 17.3. The molecule has 6 heteroatoms. The fourth-order valence-electron chi connectivity index (χ4n) is 2.72. The van der Waals surface area contributed by atoms with Crippen molar-refractivity contribution in [3.05, 3.63) is 69.2 Å². The molecule has 144 valence electrons. The molecule has 0 aromatic heterocycles. The number of hydrogen-bond donors (Lipinski definition) is 1. The van der Waals surface area contributed by atoms with E-state index in [1.54, 1.807) is 24.0 Å². The minimum Gasteiger partial charge on any atom is -0.355 e. The molecule has 0 spiro atoms. The summed E-state index contributed by atoms with van der Waals surface area (Å²) in [6.45, 7) is 6.37. The number of carbonyl (C=O) groups excluding carboxylic acids is 2. The second-order valence-corrected chi connectivity index (χ2v) is 7.32. The van der Waals surface area contributed by atoms with Crippen molar-refractivity contribution < 1.29 is 9.59 Å². The smallest absolute Gasteiger partial charge is 0.242 e. The van der Waals surface area contributed by atoms with Crippen LogP contribution in [0.25, 0.3) is 0 Å². The Bertz CT molecular complexity index is 806. The molecule has 0 aliphatic heterocycles. The highest BCUT2D eigenvalue weighted by Gasteiger charge is 2.26. The largest absolute Gasteiger partial charge is 0.355 e. The molecule has 0 bridgehead atoms. The summed E-state index contributed by atoms with van der Waals surface area (Å²) in [4.78, 5) is 26.9. The third-order valence-electron chi connectivity index (χ3n) is 4.33. The molecule has 1 atom stereocenters. The first-order chi connectivity index (χ1) is 12.8. The lowest BCUT2D eigenvalue weighted by Gasteiger charge is -2.29. The van der Waals surface area contributed by atoms with Crippen molar-refractivity contribution in [1.29, 1.82) is 0 Å². The van der Waals surface area contributed by atoms with E-state index in [0.29, 0.717) is 16.6 Å². The number of aryl methyl sites for hydroxylation is 1. The van der Waals surface area contributed by atoms with Crippen LogP contribution in [-0.4, -0.2) is 29.3 Å². The van der Waals surface area contributed by atoms with Crippen LogP contribution in [0.1, 0.15) is 30.5 Å². The summed E-state index contributed by atoms with van der Waals surface area (Å²) in [7, 11) is 0. The maximum atomic E-state index is 13.0. The van der Waals surface area contributed by atoms with E-state index in [9.17, 15) is 9.59 Å². The minimum atomic E-state index is -0.600. The van der Waals surface area contributed by atoms with Gasteiger partial charge in [0.25, 0.3) is 0 Å². The first kappa shape index (κ1) is 21.3. The summed E-state index contributed by atoms with van der Waals surface area (Å²) in [5.41, 5.74) is 2.86. The number of nitrogens with zero attached hydrogens (tertiary/aromatic N) is 1. The predicted octanol–water partition coefficient (Wildman–Crippen LogP) is 4.40. The topological polar surface area (TPSA) is 49.4 Å². The Balaban J connectivity index is 2.24. The number of halogens is 2. The number of amides is 2. The number of likely N-dealkylation sites (N-methyl/N-ethyl adjacent to an activating group) is 1. The van der Waals surface area contributed by atoms with E-state index in [4.69, 9.17) is 23.2 Å². The summed E-state index contributed by atoms with van der Waals surface area (Å²) >= 11 is 12.1. The molecule has 0 heterocycles. The second kappa shape index (κ2) is 9.77. The quantitative estimate of drug-likeness (QED) is 0.740. The van der Waals surface area contributed by atoms with Gasteiger partial charge in [-0.2, -0.15) is 0 Å². The number of nitrogens with one attached hydrogen (secondary N) is 1. The minimum absolute atomic E-state index is 0.122. The molecule has 0 aliphatic rings. The Morgan fingerprint density at radius 2 is 1.67 bits per heavy atom. The van der Waals surface area contributed by atoms with Crippen LogP contribution in [0, 0.1) is 6.92 Å². The molecule has 0 saturated carbocycles. The van der Waals surface area contributed by atoms with Gasteiger partial charge in [-0.3, -0.25) is 9.59 Å². The van der Waals surface area contributed by atoms with Crippen molar-refractivity contribution in [2.45, 2.75) is 39.8 Å². The first-order valence-electron chi connectivity index (χ1n) is 8.88. The number of carbonyl (C=O) groups is 2. The van der Waals surface area contributed by atoms with Crippen molar-refractivity contribution in [2.75, 3.05) is 6.54 Å². The summed E-state index contributed by atoms with van der Waals surface area (Å²) in [5, 5.41) is 3.65. The van der Waals surface area contributed by atoms with E-state index in [1.807, 2.05) is 44.2 Å². The highest BCUT2D eigenvalue weighted by Crippen LogP contribution is 2.24. The lowest BCUT2D eigenvalue weighted by atomic mass is 10.1. The molecule has 4 nitrogen and oxygen atoms in total. The Labute approximate surface area is 170 Å². The third kappa shape index (κ3) is 5.98. The number of benzene rings is 2. The maximum absolute atomic E-state index is 13.0. The standard InChI is InChI=1S/C21H24Cl2N2O2/c1-4-24-21(27)15(3)25(13-17-9-10-18(22)19(23)11-17)20(26)12-16-7-5-14(2)6-8-16/h5-11,15H,4,12-13H2,1-3H3,(H,24,27). The molecule has 0 aliphatic carbocycles. The van der Waals surface area contributed by atoms with Crippen LogP contribution < -0.4 is 5.32 Å². The van der Waals surface area contributed by atoms with Crippen LogP contribution in [0.3, 0.4) is 0 Å². The van der Waals surface area contributed by atoms with E-state index < -0.39 is 6.04 Å². The van der Waals surface area contributed by atoms with E-state index in [0.717, 1.165) is 16.7 Å². The van der Waals surface area contributed by atoms with Gasteiger partial charge < -0.3 is 10.2 Å². The molecule has 2 aromatic rings. The van der Waals surface area contributed by atoms with Gasteiger partial charge in [0.05, 0.1) is 16.5 Å². The van der Waals surface area contributed by atoms with Gasteiger partial charge in [0.1, 0.15) is 6.04 Å². The molecule has 2 aromatic carbocycles. The van der Waals surface area contributed by atoms with Crippen molar-refractivity contribution in [1.82, 2.24) is 10.2 Å². The molecule has 1 N–H and O–H groups in total. The zero-order valence-electron chi connectivity index (χ0n) is 15.8. The second-order valence-electron chi connectivity index (χ2n) is 6.50. The fourth-order valence-corrected chi connectivity index (χ4v) is 3.04. The first-order valence-corrected chi connectivity index (χ1v) is 9.64. The van der Waals surface area contributed by atoms with Gasteiger partial charge in [-0.25, -0.2) is 0 Å². The van der Waals surface area contributed by atoms with Gasteiger partial charge in [0.2, 0.25) is 11.8 Å². The molecule has 0 radical (unpaired) electrons. The van der Waals surface area contributed by atoms with Crippen molar-refractivity contribution in [3.63, 3.8) is 0 Å². The Hall–Kier alpha value is -2.04. The average molecular weight is 407 g/mol. The molecular weight excluding hydrogens is 383 g/mol. The fraction of sp³-hybridized carbons (Fsp3) is 0.333. The van der Waals surface area contributed by atoms with Crippen LogP contribution in [0.5, 0.6) is 0 Å². The van der Waals surface area contributed by atoms with Crippen molar-refractivity contribution >= 4 is 35.0 Å². The third-order valence-corrected chi connectivity index (χ3v) is 5.07. The number of hydrogen-bond acceptors (Lipinski definition) is 2. The van der Waals surface area contributed by atoms with E-state index >= 15 is 0 Å². The van der Waals surface area contributed by atoms with Gasteiger partial charge in [-0.1, -0.05) is 59.1 Å². The molecule has 2 amide bonds. The Morgan fingerprint density at radius 3 is 2.26 bits per heavy atom. The van der Waals surface area contributed by atoms with Gasteiger partial charge in [0, 0.05) is 13.1 Å². The molecule has 0 saturated heterocycles. The average Bonchev–Trinajstić information content (AvgIpc) is 2.64. The summed E-state index contributed by atoms with van der Waals surface area (Å²) in [6.07, 6.45) is 0.228. The van der Waals surface area contributed by atoms with Gasteiger partial charge >= 0.3 is 0 Å². The van der Waals surface area contributed by atoms with Crippen LogP contribution in [0.4, 0.5) is 0 Å². The van der Waals surface area contributed by atoms with E-state index in [1.165, 1.54) is 0 Å². The van der Waals surface area contributed by atoms with Gasteiger partial charge in [-0.15, -0.1) is 0 Å². The van der Waals surface area contributed by atoms with Crippen molar-refractivity contribution in [2.24, 2.45) is 0 Å². The molecule has 27 heavy (non-hydrogen) atoms. The zero-order chi connectivity index (χ0) is 20.0. The highest BCUT2D eigenvalue weighted by atomic mass is 35.5. The van der Waals surface area contributed by atoms with Crippen LogP contribution in [0.2, 0.25) is 10.0 Å². The SMILES string of the molecule is CCNC(=O)C(C)N(Cc1ccc(Cl)c(Cl)c1)C(=O)Cc1ccc(C)cc1. The van der Waals surface area contributed by atoms with E-state index in [2.05, 4.69) is 5.32 Å². The Kier molecular flexibility index (Phi) is 7.69. The van der Waals surface area contributed by atoms with Gasteiger partial charge in [0.15, 0.2) is 0 Å². The lowest BCUT2D eigenvalue weighted by Crippen LogP contribution is -2.48. The predicted molar refractivity (Wildman–Crippen MR) is 110 cm³/mol. The molecule has 1 unspecified atom stereocenters. The van der Waals surface area contributed by atoms with Crippen LogP contribution in [0.15, 0.2) is 42.5 Å². The van der Waals surface area contributed by atoms with Crippen molar-refractivity contribution in [3.8, 4) is 0 Å². The van der Waals surface area contributed by atoms with E-state index in [-0.39, 0.29) is 24.8 Å². The monoisotopic (exact) mass is 406 g/mol.